The molecule has 1 heterocycles. The van der Waals surface area contributed by atoms with Crippen LogP contribution >= 0.6 is 0 Å². The number of Topliss-reactive ketones (excluding diaryl/α,β-unsaturated/α-hetero) is 1. The highest BCUT2D eigenvalue weighted by Crippen LogP contribution is 2.43. The quantitative estimate of drug-likeness (QED) is 0.228. The molecule has 9 heteroatoms. The third-order valence-corrected chi connectivity index (χ3v) is 5.73. The largest absolute Gasteiger partial charge is 0.508 e. The first-order valence-corrected chi connectivity index (χ1v) is 11.0. The van der Waals surface area contributed by atoms with Crippen molar-refractivity contribution < 1.29 is 38.5 Å². The number of benzene rings is 3. The van der Waals surface area contributed by atoms with Crippen LogP contribution in [0, 0.1) is 5.82 Å². The third-order valence-electron chi connectivity index (χ3n) is 5.73. The van der Waals surface area contributed by atoms with Crippen LogP contribution in [0.25, 0.3) is 5.76 Å². The number of hydrogen-bond donors (Lipinski definition) is 2. The van der Waals surface area contributed by atoms with Crippen molar-refractivity contribution in [2.24, 2.45) is 0 Å². The molecule has 3 aromatic rings. The lowest BCUT2D eigenvalue weighted by molar-refractivity contribution is -0.132. The Kier molecular flexibility index (Phi) is 6.73. The van der Waals surface area contributed by atoms with Gasteiger partial charge >= 0.3 is 5.97 Å². The summed E-state index contributed by atoms with van der Waals surface area (Å²) < 4.78 is 24.3. The number of nitrogens with zero attached hydrogens (tertiary/aromatic N) is 1. The molecule has 1 aliphatic rings. The minimum absolute atomic E-state index is 0.0405. The first-order valence-electron chi connectivity index (χ1n) is 11.0. The lowest BCUT2D eigenvalue weighted by Crippen LogP contribution is -2.29. The van der Waals surface area contributed by atoms with Crippen molar-refractivity contribution in [2.45, 2.75) is 13.0 Å². The molecule has 1 saturated heterocycles. The number of ether oxygens (including phenoxy) is 2. The number of anilines is 1. The van der Waals surface area contributed by atoms with Crippen molar-refractivity contribution in [1.82, 2.24) is 0 Å². The van der Waals surface area contributed by atoms with Crippen LogP contribution in [-0.2, 0) is 14.3 Å². The number of aromatic hydroxyl groups is 1. The fourth-order valence-corrected chi connectivity index (χ4v) is 4.05. The SMILES string of the molecule is CCOC(=O)c1ccc(N2C(=O)C(=O)/C(=C(/O)c3cc(F)ccc3OC)C2c2ccc(O)cc2)cc1. The molecule has 1 aliphatic heterocycles. The minimum Gasteiger partial charge on any atom is -0.508 e. The molecule has 4 rings (SSSR count). The van der Waals surface area contributed by atoms with Crippen molar-refractivity contribution >= 4 is 29.1 Å². The fourth-order valence-electron chi connectivity index (χ4n) is 4.05. The Bertz CT molecular complexity index is 1360. The Morgan fingerprint density at radius 3 is 2.31 bits per heavy atom. The molecule has 1 amide bonds. The molecule has 3 aromatic carbocycles. The molecule has 36 heavy (non-hydrogen) atoms. The van der Waals surface area contributed by atoms with Crippen LogP contribution in [-0.4, -0.2) is 41.6 Å². The van der Waals surface area contributed by atoms with Gasteiger partial charge in [-0.3, -0.25) is 14.5 Å². The Morgan fingerprint density at radius 2 is 1.69 bits per heavy atom. The highest BCUT2D eigenvalue weighted by molar-refractivity contribution is 6.51. The lowest BCUT2D eigenvalue weighted by atomic mass is 9.94. The third kappa shape index (κ3) is 4.38. The molecule has 0 radical (unpaired) electrons. The second kappa shape index (κ2) is 9.91. The van der Waals surface area contributed by atoms with E-state index in [0.29, 0.717) is 5.56 Å². The van der Waals surface area contributed by atoms with E-state index in [-0.39, 0.29) is 40.5 Å². The van der Waals surface area contributed by atoms with Crippen molar-refractivity contribution in [2.75, 3.05) is 18.6 Å². The van der Waals surface area contributed by atoms with E-state index in [1.807, 2.05) is 0 Å². The molecule has 2 N–H and O–H groups in total. The van der Waals surface area contributed by atoms with Gasteiger partial charge in [0.2, 0.25) is 0 Å². The molecule has 0 bridgehead atoms. The minimum atomic E-state index is -1.12. The Morgan fingerprint density at radius 1 is 1.03 bits per heavy atom. The molecule has 184 valence electrons. The summed E-state index contributed by atoms with van der Waals surface area (Å²) in [4.78, 5) is 39.7. The zero-order valence-electron chi connectivity index (χ0n) is 19.4. The van der Waals surface area contributed by atoms with Crippen LogP contribution in [0.15, 0.2) is 72.3 Å². The molecule has 0 aliphatic carbocycles. The maximum atomic E-state index is 14.1. The molecule has 0 saturated carbocycles. The summed E-state index contributed by atoms with van der Waals surface area (Å²) in [6.07, 6.45) is 0. The van der Waals surface area contributed by atoms with Crippen LogP contribution in [0.3, 0.4) is 0 Å². The number of rotatable bonds is 6. The van der Waals surface area contributed by atoms with Crippen LogP contribution in [0.1, 0.15) is 34.5 Å². The number of carbonyl (C=O) groups excluding carboxylic acids is 3. The normalized spacial score (nSPS) is 16.8. The molecule has 0 spiro atoms. The number of hydrogen-bond acceptors (Lipinski definition) is 7. The van der Waals surface area contributed by atoms with E-state index in [1.165, 1.54) is 66.6 Å². The summed E-state index contributed by atoms with van der Waals surface area (Å²) in [6.45, 7) is 1.87. The van der Waals surface area contributed by atoms with Gasteiger partial charge in [0.15, 0.2) is 0 Å². The van der Waals surface area contributed by atoms with Crippen LogP contribution in [0.2, 0.25) is 0 Å². The maximum absolute atomic E-state index is 14.1. The number of phenolic OH excluding ortho intramolecular Hbond substituents is 1. The molecular weight excluding hydrogens is 469 g/mol. The van der Waals surface area contributed by atoms with E-state index in [0.717, 1.165) is 12.1 Å². The zero-order valence-corrected chi connectivity index (χ0v) is 19.4. The highest BCUT2D eigenvalue weighted by Gasteiger charge is 2.47. The number of phenols is 1. The van der Waals surface area contributed by atoms with Crippen LogP contribution in [0.4, 0.5) is 10.1 Å². The summed E-state index contributed by atoms with van der Waals surface area (Å²) in [5.41, 5.74) is 0.538. The number of aliphatic hydroxyl groups excluding tert-OH is 1. The van der Waals surface area contributed by atoms with Crippen molar-refractivity contribution in [3.05, 3.63) is 94.8 Å². The van der Waals surface area contributed by atoms with Gasteiger partial charge in [0.1, 0.15) is 23.1 Å². The van der Waals surface area contributed by atoms with Gasteiger partial charge < -0.3 is 19.7 Å². The van der Waals surface area contributed by atoms with Gasteiger partial charge in [0, 0.05) is 5.69 Å². The van der Waals surface area contributed by atoms with E-state index < -0.39 is 35.3 Å². The summed E-state index contributed by atoms with van der Waals surface area (Å²) in [5.74, 6) is -3.71. The maximum Gasteiger partial charge on any atom is 0.338 e. The number of aliphatic hydroxyl groups is 1. The summed E-state index contributed by atoms with van der Waals surface area (Å²) in [5, 5.41) is 20.9. The van der Waals surface area contributed by atoms with Gasteiger partial charge in [-0.2, -0.15) is 0 Å². The topological polar surface area (TPSA) is 113 Å². The van der Waals surface area contributed by atoms with Crippen molar-refractivity contribution in [1.29, 1.82) is 0 Å². The summed E-state index contributed by atoms with van der Waals surface area (Å²) >= 11 is 0. The predicted molar refractivity (Wildman–Crippen MR) is 128 cm³/mol. The van der Waals surface area contributed by atoms with Crippen molar-refractivity contribution in [3.8, 4) is 11.5 Å². The van der Waals surface area contributed by atoms with Gasteiger partial charge in [-0.25, -0.2) is 9.18 Å². The number of halogens is 1. The Balaban J connectivity index is 1.90. The number of carbonyl (C=O) groups is 3. The Labute approximate surface area is 205 Å². The molecular formula is C27H22FNO7. The van der Waals surface area contributed by atoms with E-state index in [4.69, 9.17) is 9.47 Å². The highest BCUT2D eigenvalue weighted by atomic mass is 19.1. The number of ketones is 1. The Hall–Kier alpha value is -4.66. The average molecular weight is 491 g/mol. The van der Waals surface area contributed by atoms with Gasteiger partial charge in [-0.05, 0) is 67.1 Å². The molecule has 1 fully saturated rings. The first-order chi connectivity index (χ1) is 17.3. The average Bonchev–Trinajstić information content (AvgIpc) is 3.14. The summed E-state index contributed by atoms with van der Waals surface area (Å²) in [7, 11) is 1.32. The van der Waals surface area contributed by atoms with E-state index in [2.05, 4.69) is 0 Å². The smallest absolute Gasteiger partial charge is 0.338 e. The van der Waals surface area contributed by atoms with Gasteiger partial charge in [-0.1, -0.05) is 12.1 Å². The summed E-state index contributed by atoms with van der Waals surface area (Å²) in [6, 6.07) is 13.9. The molecule has 1 unspecified atom stereocenters. The second-order valence-electron chi connectivity index (χ2n) is 7.87. The molecule has 8 nitrogen and oxygen atoms in total. The molecule has 1 atom stereocenters. The van der Waals surface area contributed by atoms with E-state index >= 15 is 0 Å². The van der Waals surface area contributed by atoms with Gasteiger partial charge in [0.25, 0.3) is 11.7 Å². The van der Waals surface area contributed by atoms with Crippen molar-refractivity contribution in [3.63, 3.8) is 0 Å². The van der Waals surface area contributed by atoms with Crippen LogP contribution in [0.5, 0.6) is 11.5 Å². The number of amides is 1. The molecule has 0 aromatic heterocycles. The van der Waals surface area contributed by atoms with Gasteiger partial charge in [0.05, 0.1) is 36.5 Å². The lowest BCUT2D eigenvalue weighted by Gasteiger charge is -2.25. The fraction of sp³-hybridized carbons (Fsp3) is 0.148. The second-order valence-corrected chi connectivity index (χ2v) is 7.87. The predicted octanol–water partition coefficient (Wildman–Crippen LogP) is 4.34. The first kappa shape index (κ1) is 24.5. The number of esters is 1. The zero-order chi connectivity index (χ0) is 26.0. The monoisotopic (exact) mass is 491 g/mol. The van der Waals surface area contributed by atoms with Gasteiger partial charge in [-0.15, -0.1) is 0 Å². The standard InChI is InChI=1S/C27H22FNO7/c1-3-36-27(34)16-4-9-18(10-5-16)29-23(15-6-11-19(30)12-7-15)22(25(32)26(29)33)24(31)20-14-17(28)8-13-21(20)35-2/h4-14,23,30-31H,3H2,1-2H3/b24-22+. The van der Waals surface area contributed by atoms with E-state index in [1.54, 1.807) is 6.92 Å². The number of methoxy groups -OCH3 is 1. The van der Waals surface area contributed by atoms with E-state index in [9.17, 15) is 29.0 Å². The van der Waals surface area contributed by atoms with Crippen LogP contribution < -0.4 is 9.64 Å².